The minimum Gasteiger partial charge on any atom is -0.483 e. The number of pyridine rings is 1. The summed E-state index contributed by atoms with van der Waals surface area (Å²) in [6.45, 7) is 38.1. The predicted octanol–water partition coefficient (Wildman–Crippen LogP) is 18.2. The zero-order valence-electron chi connectivity index (χ0n) is 58.5. The molecule has 2 aromatic heterocycles. The van der Waals surface area contributed by atoms with Gasteiger partial charge in [-0.05, 0) is 135 Å². The number of rotatable bonds is 23. The summed E-state index contributed by atoms with van der Waals surface area (Å²) in [5.41, 5.74) is 13.6. The summed E-state index contributed by atoms with van der Waals surface area (Å²) in [5, 5.41) is 14.5. The third-order valence-electron chi connectivity index (χ3n) is 15.6. The zero-order valence-corrected chi connectivity index (χ0v) is 59.3. The first-order chi connectivity index (χ1) is 42.4. The molecule has 88 heavy (non-hydrogen) atoms. The lowest BCUT2D eigenvalue weighted by Gasteiger charge is -2.33. The number of carbonyl (C=O) groups is 4. The molecule has 4 aromatic rings. The number of aryl methyl sites for hydroxylation is 2. The normalized spacial score (nSPS) is 15.3. The van der Waals surface area contributed by atoms with Crippen molar-refractivity contribution in [3.8, 4) is 11.3 Å². The van der Waals surface area contributed by atoms with E-state index in [1.54, 1.807) is 19.2 Å². The third kappa shape index (κ3) is 31.9. The van der Waals surface area contributed by atoms with Crippen LogP contribution in [0.15, 0.2) is 72.2 Å². The third-order valence-corrected chi connectivity index (χ3v) is 16.4. The summed E-state index contributed by atoms with van der Waals surface area (Å²) < 4.78 is 10.8. The number of hydrogen-bond donors (Lipinski definition) is 3. The fourth-order valence-electron chi connectivity index (χ4n) is 10.3. The van der Waals surface area contributed by atoms with Crippen LogP contribution in [0.25, 0.3) is 22.4 Å². The summed E-state index contributed by atoms with van der Waals surface area (Å²) in [6, 6.07) is 19.5. The molecular formula is C74H124N6O7S. The monoisotopic (exact) mass is 1240 g/mol. The van der Waals surface area contributed by atoms with Crippen LogP contribution in [-0.4, -0.2) is 102 Å². The highest BCUT2D eigenvalue weighted by molar-refractivity contribution is 7.10. The number of benzene rings is 2. The number of unbranched alkanes of at least 4 members (excludes halogenated alkanes) is 1. The highest BCUT2D eigenvalue weighted by Gasteiger charge is 2.37. The molecule has 3 aliphatic rings. The minimum absolute atomic E-state index is 0.0724. The molecule has 2 aromatic carbocycles. The van der Waals surface area contributed by atoms with Crippen LogP contribution < -0.4 is 10.7 Å². The highest BCUT2D eigenvalue weighted by Crippen LogP contribution is 2.42. The van der Waals surface area contributed by atoms with Crippen LogP contribution in [0.3, 0.4) is 0 Å². The molecule has 7 rings (SSSR count). The molecule has 5 unspecified atom stereocenters. The second kappa shape index (κ2) is 51.5. The molecule has 3 fully saturated rings. The van der Waals surface area contributed by atoms with Crippen molar-refractivity contribution in [2.75, 3.05) is 40.5 Å². The summed E-state index contributed by atoms with van der Waals surface area (Å²) in [4.78, 5) is 60.0. The van der Waals surface area contributed by atoms with Crippen molar-refractivity contribution in [3.05, 3.63) is 105 Å². The van der Waals surface area contributed by atoms with Gasteiger partial charge in [0.2, 0.25) is 12.3 Å². The molecule has 1 saturated carbocycles. The van der Waals surface area contributed by atoms with Gasteiger partial charge in [0.1, 0.15) is 12.1 Å². The molecule has 14 heteroatoms. The van der Waals surface area contributed by atoms with Crippen LogP contribution in [0.4, 0.5) is 0 Å². The van der Waals surface area contributed by atoms with Crippen LogP contribution in [0.2, 0.25) is 0 Å². The highest BCUT2D eigenvalue weighted by atomic mass is 32.1. The number of ether oxygens (including phenoxy) is 2. The van der Waals surface area contributed by atoms with E-state index >= 15 is 0 Å². The maximum absolute atomic E-state index is 14.1. The van der Waals surface area contributed by atoms with Crippen LogP contribution >= 0.6 is 11.3 Å². The molecule has 2 aliphatic heterocycles. The predicted molar refractivity (Wildman–Crippen MR) is 373 cm³/mol. The van der Waals surface area contributed by atoms with E-state index in [0.717, 1.165) is 112 Å². The van der Waals surface area contributed by atoms with E-state index in [1.807, 2.05) is 56.4 Å². The lowest BCUT2D eigenvalue weighted by molar-refractivity contribution is -0.142. The largest absolute Gasteiger partial charge is 0.483 e. The average Bonchev–Trinajstić information content (AvgIpc) is 0.983. The summed E-state index contributed by atoms with van der Waals surface area (Å²) in [5.74, 6) is 1.26. The molecule has 4 heterocycles. The Morgan fingerprint density at radius 2 is 1.44 bits per heavy atom. The van der Waals surface area contributed by atoms with E-state index in [4.69, 9.17) is 29.3 Å². The van der Waals surface area contributed by atoms with Gasteiger partial charge in [-0.2, -0.15) is 0 Å². The number of carboxylic acid groups (broad SMARTS) is 1. The first-order valence-electron chi connectivity index (χ1n) is 33.9. The number of amides is 3. The van der Waals surface area contributed by atoms with Crippen molar-refractivity contribution in [2.24, 2.45) is 23.7 Å². The smallest absolute Gasteiger partial charge is 0.290 e. The fraction of sp³-hybridized carbons (Fsp3) is 0.649. The van der Waals surface area contributed by atoms with Gasteiger partial charge in [0.05, 0.1) is 22.5 Å². The second-order valence-electron chi connectivity index (χ2n) is 23.6. The number of methoxy groups -OCH3 is 1. The first-order valence-corrected chi connectivity index (χ1v) is 34.8. The molecular weight excluding hydrogens is 1120 g/mol. The molecule has 3 N–H and O–H groups in total. The zero-order chi connectivity index (χ0) is 66.2. The average molecular weight is 1240 g/mol. The lowest BCUT2D eigenvalue weighted by Crippen LogP contribution is -2.59. The summed E-state index contributed by atoms with van der Waals surface area (Å²) in [7, 11) is 3.41. The van der Waals surface area contributed by atoms with Crippen molar-refractivity contribution in [1.29, 1.82) is 0 Å². The molecule has 1 aliphatic carbocycles. The van der Waals surface area contributed by atoms with Gasteiger partial charge in [0.25, 0.3) is 12.4 Å². The number of aromatic nitrogens is 2. The molecule has 3 amide bonds. The Bertz CT molecular complexity index is 2400. The van der Waals surface area contributed by atoms with Crippen molar-refractivity contribution in [2.45, 2.75) is 251 Å². The van der Waals surface area contributed by atoms with Crippen molar-refractivity contribution >= 4 is 47.2 Å². The van der Waals surface area contributed by atoms with Crippen molar-refractivity contribution < 1.29 is 33.8 Å². The van der Waals surface area contributed by atoms with Gasteiger partial charge >= 0.3 is 0 Å². The van der Waals surface area contributed by atoms with Gasteiger partial charge in [-0.3, -0.25) is 29.2 Å². The molecule has 5 atom stereocenters. The summed E-state index contributed by atoms with van der Waals surface area (Å²) in [6.07, 6.45) is 23.0. The Morgan fingerprint density at radius 1 is 0.841 bits per heavy atom. The Kier molecular flexibility index (Phi) is 48.4. The van der Waals surface area contributed by atoms with E-state index in [-0.39, 0.29) is 42.6 Å². The van der Waals surface area contributed by atoms with E-state index in [1.165, 1.54) is 101 Å². The van der Waals surface area contributed by atoms with Crippen molar-refractivity contribution in [3.63, 3.8) is 0 Å². The van der Waals surface area contributed by atoms with E-state index < -0.39 is 12.1 Å². The Hall–Kier alpha value is -5.28. The maximum Gasteiger partial charge on any atom is 0.290 e. The second-order valence-corrected chi connectivity index (χ2v) is 24.5. The van der Waals surface area contributed by atoms with Gasteiger partial charge in [0, 0.05) is 69.6 Å². The Labute approximate surface area is 540 Å². The van der Waals surface area contributed by atoms with E-state index in [0.29, 0.717) is 19.0 Å². The minimum atomic E-state index is -0.825. The van der Waals surface area contributed by atoms with Gasteiger partial charge in [-0.15, -0.1) is 11.3 Å². The van der Waals surface area contributed by atoms with E-state index in [9.17, 15) is 14.4 Å². The van der Waals surface area contributed by atoms with Crippen LogP contribution in [0, 0.1) is 30.6 Å². The lowest BCUT2D eigenvalue weighted by atomic mass is 9.79. The SMILES string of the molecule is C1CCOC1.CC.CCC.CCCC.CCCC(C)CC.CCCc1cnc(C(C)OC)c(/C(=C(\CC(C)C)c2cc(-c3csc(CC(NC(=O)C(C4CCCC4)N(C)C=O)C(=O)N4CCCCN4)n3)ccc2C)C(C)CC)c1.O=CO.c1ccccc1. The standard InChI is InChI=1S/C47H68N6O4S.C7H16.C6H6.C4H8O.C4H10.C3H8.C2H6.CH2O2/c1-10-16-34-24-39(44(48-27-34)33(7)57-9)43(31(5)11-2)38(23-30(3)4)37-25-36(20-19-32(37)6)41-28-58-42(50-41)26-40(47(56)53-22-15-14-21-49-53)51-46(55)45(52(8)29-54)35-17-12-13-18-35;1-4-6-7(3)5-2;1-2-4-6-5-3-1;1-2-4-5-3-1;1-3-4-2;1-3-2;1-2;2-1-3/h19-20,24-25,27-31,33,35,40,45,49H,10-18,21-23,26H2,1-9H3,(H,51,55);7H,4-6H2,1-3H3;1-6H;1-4H2;3-4H2,1-2H3;3H2,1-2H3;1-2H3;1H,(H,2,3)/b43-38+;;;;;;;. The number of nitrogens with zero attached hydrogens (tertiary/aromatic N) is 4. The molecule has 498 valence electrons. The molecule has 0 spiro atoms. The number of hydrogen-bond acceptors (Lipinski definition) is 10. The number of thiazole rings is 1. The summed E-state index contributed by atoms with van der Waals surface area (Å²) >= 11 is 1.51. The number of hydrazine groups is 1. The van der Waals surface area contributed by atoms with Gasteiger partial charge in [-0.25, -0.2) is 10.4 Å². The molecule has 0 bridgehead atoms. The van der Waals surface area contributed by atoms with Crippen molar-refractivity contribution in [1.82, 2.24) is 30.6 Å². The van der Waals surface area contributed by atoms with Gasteiger partial charge in [-0.1, -0.05) is 203 Å². The topological polar surface area (TPSA) is 163 Å². The van der Waals surface area contributed by atoms with E-state index in [2.05, 4.69) is 137 Å². The number of likely N-dealkylation sites (N-methyl/N-ethyl adjacent to an activating group) is 1. The molecule has 0 radical (unpaired) electrons. The van der Waals surface area contributed by atoms with Gasteiger partial charge < -0.3 is 24.8 Å². The fourth-order valence-corrected chi connectivity index (χ4v) is 11.2. The number of allylic oxidation sites excluding steroid dienone is 2. The Morgan fingerprint density at radius 3 is 1.90 bits per heavy atom. The van der Waals surface area contributed by atoms with Gasteiger partial charge in [0.15, 0.2) is 0 Å². The number of nitrogens with one attached hydrogen (secondary N) is 2. The van der Waals surface area contributed by atoms with Crippen LogP contribution in [0.1, 0.15) is 252 Å². The maximum atomic E-state index is 14.1. The number of carbonyl (C=O) groups excluding carboxylic acids is 3. The quantitative estimate of drug-likeness (QED) is 0.0609. The Balaban J connectivity index is 0.00000206. The van der Waals surface area contributed by atoms with Crippen LogP contribution in [-0.2, 0) is 41.5 Å². The van der Waals surface area contributed by atoms with Crippen LogP contribution in [0.5, 0.6) is 0 Å². The molecule has 13 nitrogen and oxygen atoms in total. The molecule has 2 saturated heterocycles. The first kappa shape index (κ1) is 82.7.